The van der Waals surface area contributed by atoms with E-state index in [-0.39, 0.29) is 5.82 Å². The van der Waals surface area contributed by atoms with E-state index in [0.717, 1.165) is 52.5 Å². The van der Waals surface area contributed by atoms with Gasteiger partial charge in [0.15, 0.2) is 3.55 Å². The summed E-state index contributed by atoms with van der Waals surface area (Å²) in [6.45, 7) is 2.46. The number of alkyl halides is 1. The quantitative estimate of drug-likeness (QED) is 0.123. The summed E-state index contributed by atoms with van der Waals surface area (Å²) in [5, 5.41) is 12.9. The lowest BCUT2D eigenvalue weighted by atomic mass is 9.97. The molecule has 2 aromatic carbocycles. The number of hydrogen-bond acceptors (Lipinski definition) is 7. The highest BCUT2D eigenvalue weighted by molar-refractivity contribution is 14.1. The normalized spacial score (nSPS) is 18.3. The Bertz CT molecular complexity index is 1580. The van der Waals surface area contributed by atoms with Gasteiger partial charge in [0.2, 0.25) is 0 Å². The average Bonchev–Trinajstić information content (AvgIpc) is 3.58. The van der Waals surface area contributed by atoms with E-state index in [1.807, 2.05) is 43.3 Å². The van der Waals surface area contributed by atoms with Crippen LogP contribution in [0.15, 0.2) is 76.2 Å². The molecule has 198 valence electrons. The minimum absolute atomic E-state index is 0.343. The number of ether oxygens (including phenoxy) is 2. The van der Waals surface area contributed by atoms with Crippen molar-refractivity contribution in [2.75, 3.05) is 13.7 Å². The number of pyridine rings is 1. The van der Waals surface area contributed by atoms with Crippen LogP contribution in [0.3, 0.4) is 0 Å². The van der Waals surface area contributed by atoms with Gasteiger partial charge < -0.3 is 14.5 Å². The van der Waals surface area contributed by atoms with Gasteiger partial charge in [0.1, 0.15) is 34.5 Å². The predicted molar refractivity (Wildman–Crippen MR) is 155 cm³/mol. The van der Waals surface area contributed by atoms with Crippen molar-refractivity contribution in [1.82, 2.24) is 15.0 Å². The van der Waals surface area contributed by atoms with Crippen molar-refractivity contribution in [2.45, 2.75) is 29.7 Å². The van der Waals surface area contributed by atoms with Crippen LogP contribution in [0.5, 0.6) is 11.5 Å². The molecule has 1 aliphatic carbocycles. The van der Waals surface area contributed by atoms with Crippen molar-refractivity contribution in [3.05, 3.63) is 83.6 Å². The molecule has 1 saturated carbocycles. The molecule has 3 heterocycles. The summed E-state index contributed by atoms with van der Waals surface area (Å²) in [7, 11) is 1.65. The van der Waals surface area contributed by atoms with Gasteiger partial charge in [-0.15, -0.1) is 10.2 Å². The molecule has 10 heteroatoms. The second kappa shape index (κ2) is 10.5. The molecule has 4 aromatic rings. The molecule has 8 nitrogen and oxygen atoms in total. The zero-order chi connectivity index (χ0) is 27.0. The molecule has 1 atom stereocenters. The largest absolute Gasteiger partial charge is 0.497 e. The van der Waals surface area contributed by atoms with E-state index >= 15 is 0 Å². The topological polar surface area (TPSA) is 97.1 Å². The molecule has 39 heavy (non-hydrogen) atoms. The fourth-order valence-electron chi connectivity index (χ4n) is 4.57. The van der Waals surface area contributed by atoms with Crippen LogP contribution in [0.2, 0.25) is 0 Å². The van der Waals surface area contributed by atoms with E-state index in [1.165, 1.54) is 12.1 Å². The Kier molecular flexibility index (Phi) is 6.88. The number of benzene rings is 2. The number of H-pyrrole nitrogens is 1. The van der Waals surface area contributed by atoms with E-state index in [9.17, 15) is 4.39 Å². The zero-order valence-corrected chi connectivity index (χ0v) is 23.6. The van der Waals surface area contributed by atoms with Crippen LogP contribution in [-0.4, -0.2) is 37.9 Å². The van der Waals surface area contributed by atoms with Crippen LogP contribution in [-0.2, 0) is 6.42 Å². The van der Waals surface area contributed by atoms with Crippen molar-refractivity contribution in [2.24, 2.45) is 21.4 Å². The summed E-state index contributed by atoms with van der Waals surface area (Å²) < 4.78 is 24.8. The minimum Gasteiger partial charge on any atom is -0.497 e. The summed E-state index contributed by atoms with van der Waals surface area (Å²) in [6.07, 6.45) is 4.64. The highest BCUT2D eigenvalue weighted by Gasteiger charge is 2.38. The number of aryl methyl sites for hydroxylation is 1. The van der Waals surface area contributed by atoms with Gasteiger partial charge >= 0.3 is 0 Å². The third-order valence-corrected chi connectivity index (χ3v) is 7.90. The fraction of sp³-hybridized carbons (Fsp3) is 0.276. The van der Waals surface area contributed by atoms with Crippen LogP contribution in [0, 0.1) is 18.7 Å². The molecular weight excluding hydrogens is 610 g/mol. The molecule has 0 amide bonds. The average molecular weight is 636 g/mol. The number of nitrogens with one attached hydrogen (secondary N) is 1. The number of nitrogens with zero attached hydrogens (tertiary/aromatic N) is 5. The first-order valence-corrected chi connectivity index (χ1v) is 13.8. The number of hydrogen-bond donors (Lipinski definition) is 1. The second-order valence-electron chi connectivity index (χ2n) is 9.79. The lowest BCUT2D eigenvalue weighted by Gasteiger charge is -2.20. The third-order valence-electron chi connectivity index (χ3n) is 6.79. The third kappa shape index (κ3) is 5.42. The summed E-state index contributed by atoms with van der Waals surface area (Å²) in [4.78, 5) is 12.7. The molecule has 2 aliphatic rings. The second-order valence-corrected chi connectivity index (χ2v) is 11.6. The Morgan fingerprint density at radius 3 is 2.69 bits per heavy atom. The number of rotatable bonds is 9. The molecule has 6 rings (SSSR count). The number of aromatic amines is 1. The van der Waals surface area contributed by atoms with Crippen LogP contribution >= 0.6 is 22.6 Å². The lowest BCUT2D eigenvalue weighted by molar-refractivity contribution is 0.299. The van der Waals surface area contributed by atoms with Gasteiger partial charge in [0, 0.05) is 29.8 Å². The van der Waals surface area contributed by atoms with E-state index < -0.39 is 3.55 Å². The Balaban J connectivity index is 1.33. The molecule has 0 spiro atoms. The molecule has 0 radical (unpaired) electrons. The van der Waals surface area contributed by atoms with Crippen LogP contribution < -0.4 is 9.47 Å². The maximum absolute atomic E-state index is 14.2. The van der Waals surface area contributed by atoms with Crippen molar-refractivity contribution in [3.8, 4) is 34.1 Å². The zero-order valence-electron chi connectivity index (χ0n) is 21.5. The SMILES string of the molecule is COc1ccc(CC2(I)N=NN=C2c2ccnc(-c3nc(C)[nH]c3-c3ccc(F)cc3OCC3CC3)c2)cc1. The van der Waals surface area contributed by atoms with Gasteiger partial charge in [0.05, 0.1) is 25.1 Å². The van der Waals surface area contributed by atoms with E-state index in [0.29, 0.717) is 36.1 Å². The van der Waals surface area contributed by atoms with E-state index in [2.05, 4.69) is 48.0 Å². The summed E-state index contributed by atoms with van der Waals surface area (Å²) >= 11 is 2.31. The predicted octanol–water partition coefficient (Wildman–Crippen LogP) is 6.93. The number of halogens is 2. The maximum Gasteiger partial charge on any atom is 0.182 e. The molecule has 1 aliphatic heterocycles. The lowest BCUT2D eigenvalue weighted by Crippen LogP contribution is -2.30. The molecular formula is C29H26FIN6O2. The van der Waals surface area contributed by atoms with Gasteiger partial charge in [-0.1, -0.05) is 12.1 Å². The molecule has 1 N–H and O–H groups in total. The Labute approximate surface area is 238 Å². The summed E-state index contributed by atoms with van der Waals surface area (Å²) in [6, 6.07) is 16.3. The minimum atomic E-state index is -0.671. The standard InChI is InChI=1S/C29H26FIN6O2/c1-17-33-26(23-10-7-21(30)14-25(23)39-16-19-3-4-19)27(34-17)24-13-20(11-12-32-24)28-29(31,36-37-35-28)15-18-5-8-22(38-2)9-6-18/h5-14,19H,3-4,15-16H2,1-2H3,(H,33,34). The van der Waals surface area contributed by atoms with E-state index in [1.54, 1.807) is 19.4 Å². The van der Waals surface area contributed by atoms with Crippen LogP contribution in [0.1, 0.15) is 29.8 Å². The van der Waals surface area contributed by atoms with Gasteiger partial charge in [-0.05, 0) is 95.5 Å². The highest BCUT2D eigenvalue weighted by atomic mass is 127. The Morgan fingerprint density at radius 2 is 1.92 bits per heavy atom. The maximum atomic E-state index is 14.2. The van der Waals surface area contributed by atoms with Crippen molar-refractivity contribution >= 4 is 28.3 Å². The van der Waals surface area contributed by atoms with Gasteiger partial charge in [-0.2, -0.15) is 0 Å². The Morgan fingerprint density at radius 1 is 1.10 bits per heavy atom. The number of aromatic nitrogens is 3. The molecule has 2 aromatic heterocycles. The van der Waals surface area contributed by atoms with Crippen molar-refractivity contribution in [1.29, 1.82) is 0 Å². The highest BCUT2D eigenvalue weighted by Crippen LogP contribution is 2.39. The molecule has 0 saturated heterocycles. The van der Waals surface area contributed by atoms with Crippen LogP contribution in [0.25, 0.3) is 22.6 Å². The molecule has 1 fully saturated rings. The van der Waals surface area contributed by atoms with Gasteiger partial charge in [-0.25, -0.2) is 9.37 Å². The number of methoxy groups -OCH3 is 1. The summed E-state index contributed by atoms with van der Waals surface area (Å²) in [5.74, 6) is 2.21. The first-order valence-electron chi connectivity index (χ1n) is 12.7. The van der Waals surface area contributed by atoms with E-state index in [4.69, 9.17) is 14.5 Å². The fourth-order valence-corrected chi connectivity index (χ4v) is 5.52. The Hall–Kier alpha value is -3.67. The van der Waals surface area contributed by atoms with Crippen LogP contribution in [0.4, 0.5) is 4.39 Å². The first-order chi connectivity index (χ1) is 18.9. The van der Waals surface area contributed by atoms with Crippen molar-refractivity contribution in [3.63, 3.8) is 0 Å². The first kappa shape index (κ1) is 25.6. The smallest absolute Gasteiger partial charge is 0.182 e. The number of imidazole rings is 1. The monoisotopic (exact) mass is 636 g/mol. The summed E-state index contributed by atoms with van der Waals surface area (Å²) in [5.41, 5.74) is 5.46. The van der Waals surface area contributed by atoms with Crippen molar-refractivity contribution < 1.29 is 13.9 Å². The molecule has 0 bridgehead atoms. The van der Waals surface area contributed by atoms with Gasteiger partial charge in [-0.3, -0.25) is 4.98 Å². The van der Waals surface area contributed by atoms with Gasteiger partial charge in [0.25, 0.3) is 0 Å². The molecule has 1 unspecified atom stereocenters.